The van der Waals surface area contributed by atoms with Crippen LogP contribution in [0, 0.1) is 5.82 Å². The van der Waals surface area contributed by atoms with Gasteiger partial charge in [0.15, 0.2) is 0 Å². The van der Waals surface area contributed by atoms with Crippen molar-refractivity contribution in [3.63, 3.8) is 0 Å². The van der Waals surface area contributed by atoms with Gasteiger partial charge in [0.1, 0.15) is 5.82 Å². The lowest BCUT2D eigenvalue weighted by Gasteiger charge is -2.07. The van der Waals surface area contributed by atoms with E-state index in [0.29, 0.717) is 12.1 Å². The van der Waals surface area contributed by atoms with Crippen LogP contribution < -0.4 is 10.6 Å². The normalized spacial score (nSPS) is 10.0. The number of hydrogen-bond acceptors (Lipinski definition) is 2. The van der Waals surface area contributed by atoms with Crippen molar-refractivity contribution in [2.45, 2.75) is 6.42 Å². The van der Waals surface area contributed by atoms with Crippen molar-refractivity contribution in [1.82, 2.24) is 10.6 Å². The van der Waals surface area contributed by atoms with E-state index in [1.807, 2.05) is 30.3 Å². The Morgan fingerprint density at radius 2 is 1.59 bits per heavy atom. The molecule has 0 unspecified atom stereocenters. The van der Waals surface area contributed by atoms with Crippen LogP contribution in [0.1, 0.15) is 15.9 Å². The van der Waals surface area contributed by atoms with Crippen molar-refractivity contribution in [2.75, 3.05) is 13.1 Å². The van der Waals surface area contributed by atoms with Crippen molar-refractivity contribution >= 4 is 11.8 Å². The van der Waals surface area contributed by atoms with Gasteiger partial charge < -0.3 is 10.6 Å². The van der Waals surface area contributed by atoms with Crippen LogP contribution in [0.4, 0.5) is 4.39 Å². The summed E-state index contributed by atoms with van der Waals surface area (Å²) in [6.45, 7) is 0.403. The molecule has 22 heavy (non-hydrogen) atoms. The smallest absolute Gasteiger partial charge is 0.251 e. The Balaban J connectivity index is 1.69. The molecule has 2 aromatic rings. The number of halogens is 1. The van der Waals surface area contributed by atoms with Crippen LogP contribution in [-0.4, -0.2) is 24.9 Å². The van der Waals surface area contributed by atoms with E-state index in [1.165, 1.54) is 24.3 Å². The van der Waals surface area contributed by atoms with Crippen LogP contribution in [0.15, 0.2) is 54.6 Å². The number of amides is 2. The van der Waals surface area contributed by atoms with E-state index in [4.69, 9.17) is 0 Å². The molecular formula is C17H17FN2O2. The van der Waals surface area contributed by atoms with Crippen LogP contribution in [-0.2, 0) is 11.2 Å². The van der Waals surface area contributed by atoms with Gasteiger partial charge in [0.25, 0.3) is 5.91 Å². The molecule has 0 aliphatic carbocycles. The maximum Gasteiger partial charge on any atom is 0.251 e. The number of hydrogen-bond donors (Lipinski definition) is 2. The van der Waals surface area contributed by atoms with E-state index < -0.39 is 11.7 Å². The first-order valence-corrected chi connectivity index (χ1v) is 6.99. The monoisotopic (exact) mass is 300 g/mol. The van der Waals surface area contributed by atoms with Crippen LogP contribution in [0.25, 0.3) is 0 Å². The zero-order valence-corrected chi connectivity index (χ0v) is 12.0. The third kappa shape index (κ3) is 5.01. The fourth-order valence-corrected chi connectivity index (χ4v) is 1.92. The average Bonchev–Trinajstić information content (AvgIpc) is 2.54. The van der Waals surface area contributed by atoms with E-state index in [9.17, 15) is 14.0 Å². The molecule has 0 radical (unpaired) electrons. The van der Waals surface area contributed by atoms with Gasteiger partial charge >= 0.3 is 0 Å². The molecule has 114 valence electrons. The molecule has 0 bridgehead atoms. The summed E-state index contributed by atoms with van der Waals surface area (Å²) in [6, 6.07) is 15.0. The van der Waals surface area contributed by atoms with Crippen molar-refractivity contribution in [1.29, 1.82) is 0 Å². The number of carbonyl (C=O) groups is 2. The van der Waals surface area contributed by atoms with E-state index in [-0.39, 0.29) is 12.5 Å². The molecule has 0 saturated heterocycles. The van der Waals surface area contributed by atoms with Gasteiger partial charge in [0.05, 0.1) is 6.54 Å². The third-order valence-corrected chi connectivity index (χ3v) is 3.09. The zero-order valence-electron chi connectivity index (χ0n) is 12.0. The molecule has 2 amide bonds. The molecule has 0 fully saturated rings. The lowest BCUT2D eigenvalue weighted by atomic mass is 10.1. The maximum absolute atomic E-state index is 12.7. The number of benzene rings is 2. The summed E-state index contributed by atoms with van der Waals surface area (Å²) >= 11 is 0. The van der Waals surface area contributed by atoms with E-state index in [0.717, 1.165) is 12.0 Å². The first-order chi connectivity index (χ1) is 10.6. The Labute approximate surface area is 128 Å². The molecule has 0 heterocycles. The molecule has 0 aliphatic rings. The minimum Gasteiger partial charge on any atom is -0.354 e. The highest BCUT2D eigenvalue weighted by atomic mass is 19.1. The van der Waals surface area contributed by atoms with Crippen molar-refractivity contribution < 1.29 is 14.0 Å². The minimum absolute atomic E-state index is 0.106. The summed E-state index contributed by atoms with van der Waals surface area (Å²) in [7, 11) is 0. The molecular weight excluding hydrogens is 283 g/mol. The lowest BCUT2D eigenvalue weighted by Crippen LogP contribution is -2.37. The fourth-order valence-electron chi connectivity index (χ4n) is 1.92. The molecule has 0 aliphatic heterocycles. The Hall–Kier alpha value is -2.69. The Morgan fingerprint density at radius 1 is 0.909 bits per heavy atom. The molecule has 2 aromatic carbocycles. The first kappa shape index (κ1) is 15.7. The predicted molar refractivity (Wildman–Crippen MR) is 81.9 cm³/mol. The topological polar surface area (TPSA) is 58.2 Å². The van der Waals surface area contributed by atoms with Crippen LogP contribution in [0.5, 0.6) is 0 Å². The number of carbonyl (C=O) groups excluding carboxylic acids is 2. The van der Waals surface area contributed by atoms with Crippen LogP contribution >= 0.6 is 0 Å². The Morgan fingerprint density at radius 3 is 2.27 bits per heavy atom. The highest BCUT2D eigenvalue weighted by Gasteiger charge is 2.07. The summed E-state index contributed by atoms with van der Waals surface area (Å²) in [6.07, 6.45) is 0.735. The average molecular weight is 300 g/mol. The fraction of sp³-hybridized carbons (Fsp3) is 0.176. The van der Waals surface area contributed by atoms with Gasteiger partial charge in [-0.3, -0.25) is 9.59 Å². The SMILES string of the molecule is O=C(CNC(=O)c1ccc(F)cc1)NCCc1ccccc1. The molecule has 0 aromatic heterocycles. The second-order valence-electron chi connectivity index (χ2n) is 4.78. The molecule has 4 nitrogen and oxygen atoms in total. The quantitative estimate of drug-likeness (QED) is 0.856. The van der Waals surface area contributed by atoms with Crippen molar-refractivity contribution in [3.05, 3.63) is 71.5 Å². The molecule has 5 heteroatoms. The maximum atomic E-state index is 12.7. The van der Waals surface area contributed by atoms with Gasteiger partial charge in [-0.2, -0.15) is 0 Å². The highest BCUT2D eigenvalue weighted by molar-refractivity contribution is 5.96. The summed E-state index contributed by atoms with van der Waals surface area (Å²) in [5, 5.41) is 5.23. The number of rotatable bonds is 6. The molecule has 2 rings (SSSR count). The van der Waals surface area contributed by atoms with E-state index in [2.05, 4.69) is 10.6 Å². The second-order valence-corrected chi connectivity index (χ2v) is 4.78. The summed E-state index contributed by atoms with van der Waals surface area (Å²) in [5.74, 6) is -1.07. The van der Waals surface area contributed by atoms with Gasteiger partial charge in [0.2, 0.25) is 5.91 Å². The molecule has 0 atom stereocenters. The molecule has 0 spiro atoms. The standard InChI is InChI=1S/C17H17FN2O2/c18-15-8-6-14(7-9-15)17(22)20-12-16(21)19-11-10-13-4-2-1-3-5-13/h1-9H,10-12H2,(H,19,21)(H,20,22). The van der Waals surface area contributed by atoms with Gasteiger partial charge in [-0.25, -0.2) is 4.39 Å². The lowest BCUT2D eigenvalue weighted by molar-refractivity contribution is -0.120. The van der Waals surface area contributed by atoms with Crippen LogP contribution in [0.2, 0.25) is 0 Å². The van der Waals surface area contributed by atoms with Gasteiger partial charge in [-0.15, -0.1) is 0 Å². The van der Waals surface area contributed by atoms with Crippen molar-refractivity contribution in [2.24, 2.45) is 0 Å². The van der Waals surface area contributed by atoms with Crippen molar-refractivity contribution in [3.8, 4) is 0 Å². The summed E-state index contributed by atoms with van der Waals surface area (Å²) in [5.41, 5.74) is 1.46. The Bertz CT molecular complexity index is 627. The molecule has 0 saturated carbocycles. The minimum atomic E-state index is -0.407. The zero-order chi connectivity index (χ0) is 15.8. The summed E-state index contributed by atoms with van der Waals surface area (Å²) < 4.78 is 12.7. The van der Waals surface area contributed by atoms with E-state index in [1.54, 1.807) is 0 Å². The van der Waals surface area contributed by atoms with E-state index >= 15 is 0 Å². The second kappa shape index (κ2) is 7.93. The highest BCUT2D eigenvalue weighted by Crippen LogP contribution is 2.02. The van der Waals surface area contributed by atoms with Crippen LogP contribution in [0.3, 0.4) is 0 Å². The first-order valence-electron chi connectivity index (χ1n) is 6.99. The third-order valence-electron chi connectivity index (χ3n) is 3.09. The van der Waals surface area contributed by atoms with Gasteiger partial charge in [-0.1, -0.05) is 30.3 Å². The van der Waals surface area contributed by atoms with Gasteiger partial charge in [-0.05, 0) is 36.2 Å². The Kier molecular flexibility index (Phi) is 5.65. The van der Waals surface area contributed by atoms with Gasteiger partial charge in [0, 0.05) is 12.1 Å². The summed E-state index contributed by atoms with van der Waals surface area (Å²) in [4.78, 5) is 23.4. The number of nitrogens with one attached hydrogen (secondary N) is 2. The molecule has 2 N–H and O–H groups in total. The predicted octanol–water partition coefficient (Wildman–Crippen LogP) is 1.91. The largest absolute Gasteiger partial charge is 0.354 e.